The van der Waals surface area contributed by atoms with Gasteiger partial charge in [-0.25, -0.2) is 4.98 Å². The first-order valence-corrected chi connectivity index (χ1v) is 9.62. The molecule has 0 saturated heterocycles. The van der Waals surface area contributed by atoms with Gasteiger partial charge in [-0.05, 0) is 41.8 Å². The van der Waals surface area contributed by atoms with Crippen LogP contribution in [-0.4, -0.2) is 15.9 Å². The first-order valence-electron chi connectivity index (χ1n) is 7.86. The largest absolute Gasteiger partial charge is 0.331 e. The van der Waals surface area contributed by atoms with Crippen molar-refractivity contribution in [3.8, 4) is 11.3 Å². The number of benzene rings is 1. The van der Waals surface area contributed by atoms with Crippen LogP contribution in [0.4, 0.5) is 16.5 Å². The third-order valence-electron chi connectivity index (χ3n) is 3.60. The van der Waals surface area contributed by atoms with Crippen molar-refractivity contribution in [2.45, 2.75) is 0 Å². The smallest absolute Gasteiger partial charge is 0.265 e. The second-order valence-corrected chi connectivity index (χ2v) is 7.22. The maximum Gasteiger partial charge on any atom is 0.265 e. The van der Waals surface area contributed by atoms with Gasteiger partial charge in [-0.15, -0.1) is 22.7 Å². The molecule has 0 spiro atoms. The first kappa shape index (κ1) is 16.4. The quantitative estimate of drug-likeness (QED) is 0.497. The Kier molecular flexibility index (Phi) is 4.72. The number of thiazole rings is 1. The summed E-state index contributed by atoms with van der Waals surface area (Å²) in [7, 11) is 0. The minimum atomic E-state index is -0.105. The van der Waals surface area contributed by atoms with Gasteiger partial charge in [-0.3, -0.25) is 9.78 Å². The van der Waals surface area contributed by atoms with Crippen molar-refractivity contribution >= 4 is 45.1 Å². The Morgan fingerprint density at radius 3 is 2.62 bits per heavy atom. The highest BCUT2D eigenvalue weighted by molar-refractivity contribution is 7.14. The van der Waals surface area contributed by atoms with Crippen LogP contribution in [0.15, 0.2) is 71.7 Å². The van der Waals surface area contributed by atoms with Crippen molar-refractivity contribution in [2.24, 2.45) is 0 Å². The number of hydrogen-bond donors (Lipinski definition) is 2. The van der Waals surface area contributed by atoms with Gasteiger partial charge in [-0.2, -0.15) is 0 Å². The van der Waals surface area contributed by atoms with E-state index in [1.165, 1.54) is 22.7 Å². The third kappa shape index (κ3) is 3.79. The summed E-state index contributed by atoms with van der Waals surface area (Å²) in [6.45, 7) is 0. The van der Waals surface area contributed by atoms with E-state index >= 15 is 0 Å². The molecule has 1 amide bonds. The van der Waals surface area contributed by atoms with E-state index in [0.29, 0.717) is 4.88 Å². The van der Waals surface area contributed by atoms with Crippen LogP contribution < -0.4 is 10.6 Å². The van der Waals surface area contributed by atoms with E-state index < -0.39 is 0 Å². The summed E-state index contributed by atoms with van der Waals surface area (Å²) in [6.07, 6.45) is 3.50. The van der Waals surface area contributed by atoms with Gasteiger partial charge in [0, 0.05) is 34.7 Å². The second kappa shape index (κ2) is 7.47. The molecule has 0 aliphatic carbocycles. The normalized spacial score (nSPS) is 10.5. The average Bonchev–Trinajstić information content (AvgIpc) is 3.35. The Bertz CT molecular complexity index is 1010. The van der Waals surface area contributed by atoms with Gasteiger partial charge < -0.3 is 10.6 Å². The maximum atomic E-state index is 12.2. The van der Waals surface area contributed by atoms with E-state index in [1.54, 1.807) is 18.5 Å². The summed E-state index contributed by atoms with van der Waals surface area (Å²) in [4.78, 5) is 21.5. The molecular formula is C19H14N4OS2. The predicted molar refractivity (Wildman–Crippen MR) is 107 cm³/mol. The number of thiophene rings is 1. The molecule has 0 saturated carbocycles. The fourth-order valence-corrected chi connectivity index (χ4v) is 3.74. The molecule has 4 rings (SSSR count). The molecule has 26 heavy (non-hydrogen) atoms. The lowest BCUT2D eigenvalue weighted by Crippen LogP contribution is -2.10. The lowest BCUT2D eigenvalue weighted by molar-refractivity contribution is 0.103. The number of aromatic nitrogens is 2. The topological polar surface area (TPSA) is 66.9 Å². The fourth-order valence-electron chi connectivity index (χ4n) is 2.39. The number of anilines is 3. The zero-order valence-corrected chi connectivity index (χ0v) is 15.2. The van der Waals surface area contributed by atoms with E-state index in [-0.39, 0.29) is 5.91 Å². The lowest BCUT2D eigenvalue weighted by Gasteiger charge is -2.07. The summed E-state index contributed by atoms with van der Waals surface area (Å²) >= 11 is 2.95. The number of nitrogens with zero attached hydrogens (tertiary/aromatic N) is 2. The molecule has 2 N–H and O–H groups in total. The van der Waals surface area contributed by atoms with Crippen molar-refractivity contribution < 1.29 is 4.79 Å². The fraction of sp³-hybridized carbons (Fsp3) is 0. The number of pyridine rings is 1. The van der Waals surface area contributed by atoms with Crippen LogP contribution in [0.1, 0.15) is 9.67 Å². The van der Waals surface area contributed by atoms with Crippen molar-refractivity contribution in [1.82, 2.24) is 9.97 Å². The SMILES string of the molecule is O=C(Nc1cccc(Nc2nc(-c3ccncc3)cs2)c1)c1cccs1. The number of rotatable bonds is 5. The lowest BCUT2D eigenvalue weighted by atomic mass is 10.2. The molecule has 128 valence electrons. The molecule has 0 atom stereocenters. The summed E-state index contributed by atoms with van der Waals surface area (Å²) in [6, 6.07) is 15.1. The Morgan fingerprint density at radius 1 is 0.962 bits per heavy atom. The highest BCUT2D eigenvalue weighted by atomic mass is 32.1. The van der Waals surface area contributed by atoms with Crippen molar-refractivity contribution in [3.05, 3.63) is 76.6 Å². The van der Waals surface area contributed by atoms with Gasteiger partial charge in [0.15, 0.2) is 5.13 Å². The van der Waals surface area contributed by atoms with E-state index in [4.69, 9.17) is 0 Å². The molecule has 0 bridgehead atoms. The summed E-state index contributed by atoms with van der Waals surface area (Å²) in [5, 5.41) is 10.9. The van der Waals surface area contributed by atoms with Crippen LogP contribution in [0.25, 0.3) is 11.3 Å². The van der Waals surface area contributed by atoms with E-state index in [0.717, 1.165) is 27.8 Å². The molecule has 4 aromatic rings. The third-order valence-corrected chi connectivity index (χ3v) is 5.22. The highest BCUT2D eigenvalue weighted by Crippen LogP contribution is 2.27. The number of carbonyl (C=O) groups is 1. The van der Waals surface area contributed by atoms with Gasteiger partial charge in [0.2, 0.25) is 0 Å². The van der Waals surface area contributed by atoms with E-state index in [1.807, 2.05) is 53.2 Å². The van der Waals surface area contributed by atoms with Crippen molar-refractivity contribution in [2.75, 3.05) is 10.6 Å². The molecule has 5 nitrogen and oxygen atoms in total. The molecule has 0 radical (unpaired) electrons. The molecule has 0 aliphatic rings. The Balaban J connectivity index is 1.47. The minimum absolute atomic E-state index is 0.105. The highest BCUT2D eigenvalue weighted by Gasteiger charge is 2.08. The van der Waals surface area contributed by atoms with Gasteiger partial charge in [0.05, 0.1) is 10.6 Å². The predicted octanol–water partition coefficient (Wildman–Crippen LogP) is 5.26. The van der Waals surface area contributed by atoms with Crippen LogP contribution in [-0.2, 0) is 0 Å². The van der Waals surface area contributed by atoms with Crippen LogP contribution in [0.3, 0.4) is 0 Å². The van der Waals surface area contributed by atoms with E-state index in [2.05, 4.69) is 20.6 Å². The Labute approximate surface area is 158 Å². The zero-order valence-electron chi connectivity index (χ0n) is 13.5. The zero-order chi connectivity index (χ0) is 17.8. The minimum Gasteiger partial charge on any atom is -0.331 e. The summed E-state index contributed by atoms with van der Waals surface area (Å²) in [5.74, 6) is -0.105. The average molecular weight is 378 g/mol. The van der Waals surface area contributed by atoms with Crippen LogP contribution in [0.2, 0.25) is 0 Å². The monoisotopic (exact) mass is 378 g/mol. The molecule has 0 fully saturated rings. The molecule has 0 unspecified atom stereocenters. The van der Waals surface area contributed by atoms with Crippen LogP contribution in [0.5, 0.6) is 0 Å². The van der Waals surface area contributed by atoms with Gasteiger partial charge in [0.1, 0.15) is 0 Å². The van der Waals surface area contributed by atoms with Crippen LogP contribution in [0, 0.1) is 0 Å². The molecule has 0 aliphatic heterocycles. The number of amides is 1. The van der Waals surface area contributed by atoms with Gasteiger partial charge in [0.25, 0.3) is 5.91 Å². The Hall–Kier alpha value is -3.03. The van der Waals surface area contributed by atoms with Crippen LogP contribution >= 0.6 is 22.7 Å². The first-order chi connectivity index (χ1) is 12.8. The molecular weight excluding hydrogens is 364 g/mol. The Morgan fingerprint density at radius 2 is 1.81 bits per heavy atom. The number of nitrogens with one attached hydrogen (secondary N) is 2. The number of carbonyl (C=O) groups excluding carboxylic acids is 1. The van der Waals surface area contributed by atoms with Crippen molar-refractivity contribution in [3.63, 3.8) is 0 Å². The second-order valence-electron chi connectivity index (χ2n) is 5.41. The molecule has 3 heterocycles. The standard InChI is InChI=1S/C19H14N4OS2/c24-18(17-5-2-10-25-17)21-14-3-1-4-15(11-14)22-19-23-16(12-26-19)13-6-8-20-9-7-13/h1-12H,(H,21,24)(H,22,23). The molecule has 7 heteroatoms. The summed E-state index contributed by atoms with van der Waals surface area (Å²) in [5.41, 5.74) is 3.53. The van der Waals surface area contributed by atoms with Crippen molar-refractivity contribution in [1.29, 1.82) is 0 Å². The summed E-state index contributed by atoms with van der Waals surface area (Å²) < 4.78 is 0. The maximum absolute atomic E-state index is 12.2. The molecule has 3 aromatic heterocycles. The molecule has 1 aromatic carbocycles. The van der Waals surface area contributed by atoms with Gasteiger partial charge in [-0.1, -0.05) is 12.1 Å². The van der Waals surface area contributed by atoms with Gasteiger partial charge >= 0.3 is 0 Å². The number of hydrogen-bond acceptors (Lipinski definition) is 6. The van der Waals surface area contributed by atoms with E-state index in [9.17, 15) is 4.79 Å².